The van der Waals surface area contributed by atoms with Gasteiger partial charge >= 0.3 is 0 Å². The van der Waals surface area contributed by atoms with E-state index in [0.29, 0.717) is 77.8 Å². The molecule has 1 unspecified atom stereocenters. The number of hydrogen-bond acceptors (Lipinski definition) is 6. The molecule has 1 fully saturated rings. The highest BCUT2D eigenvalue weighted by atomic mass is 16.5. The molecule has 8 nitrogen and oxygen atoms in total. The Bertz CT molecular complexity index is 442. The van der Waals surface area contributed by atoms with Gasteiger partial charge in [-0.1, -0.05) is 6.92 Å². The zero-order valence-corrected chi connectivity index (χ0v) is 17.9. The second-order valence-electron chi connectivity index (χ2n) is 7.58. The third-order valence-electron chi connectivity index (χ3n) is 5.21. The Morgan fingerprint density at radius 1 is 0.964 bits per heavy atom. The number of rotatable bonds is 14. The third kappa shape index (κ3) is 10.4. The summed E-state index contributed by atoms with van der Waals surface area (Å²) in [7, 11) is 3.55. The summed E-state index contributed by atoms with van der Waals surface area (Å²) in [6.45, 7) is 7.85. The Balaban J connectivity index is 2.17. The maximum absolute atomic E-state index is 12.4. The fraction of sp³-hybridized carbons (Fsp3) is 0.900. The lowest BCUT2D eigenvalue weighted by Crippen LogP contribution is -2.51. The number of likely N-dealkylation sites (N-methyl/N-ethyl adjacent to an activating group) is 1. The highest BCUT2D eigenvalue weighted by molar-refractivity contribution is 5.78. The van der Waals surface area contributed by atoms with E-state index in [9.17, 15) is 9.59 Å². The monoisotopic (exact) mass is 401 g/mol. The summed E-state index contributed by atoms with van der Waals surface area (Å²) < 4.78 is 10.4. The van der Waals surface area contributed by atoms with Gasteiger partial charge < -0.3 is 29.3 Å². The molecular formula is C20H39N3O5. The van der Waals surface area contributed by atoms with E-state index in [0.717, 1.165) is 12.8 Å². The maximum atomic E-state index is 12.4. The van der Waals surface area contributed by atoms with E-state index >= 15 is 0 Å². The van der Waals surface area contributed by atoms with Crippen LogP contribution in [0.4, 0.5) is 0 Å². The molecule has 0 spiro atoms. The van der Waals surface area contributed by atoms with Crippen LogP contribution in [0, 0.1) is 5.92 Å². The van der Waals surface area contributed by atoms with Crippen molar-refractivity contribution in [3.05, 3.63) is 0 Å². The second-order valence-corrected chi connectivity index (χ2v) is 7.58. The van der Waals surface area contributed by atoms with E-state index in [1.165, 1.54) is 0 Å². The normalized spacial score (nSPS) is 15.9. The van der Waals surface area contributed by atoms with E-state index in [2.05, 4.69) is 6.92 Å². The zero-order chi connectivity index (χ0) is 20.8. The van der Waals surface area contributed by atoms with Crippen molar-refractivity contribution in [1.82, 2.24) is 14.7 Å². The van der Waals surface area contributed by atoms with Crippen LogP contribution in [0.3, 0.4) is 0 Å². The molecular weight excluding hydrogens is 362 g/mol. The quantitative estimate of drug-likeness (QED) is 0.426. The van der Waals surface area contributed by atoms with Gasteiger partial charge in [-0.3, -0.25) is 9.59 Å². The lowest BCUT2D eigenvalue weighted by molar-refractivity contribution is -0.139. The molecule has 1 heterocycles. The Morgan fingerprint density at radius 2 is 1.57 bits per heavy atom. The van der Waals surface area contributed by atoms with Crippen molar-refractivity contribution in [2.75, 3.05) is 79.9 Å². The summed E-state index contributed by atoms with van der Waals surface area (Å²) in [6.07, 6.45) is 2.82. The minimum absolute atomic E-state index is 0.102. The Labute approximate surface area is 169 Å². The van der Waals surface area contributed by atoms with Crippen molar-refractivity contribution < 1.29 is 24.2 Å². The maximum Gasteiger partial charge on any atom is 0.223 e. The van der Waals surface area contributed by atoms with E-state index in [4.69, 9.17) is 14.6 Å². The number of aliphatic hydroxyl groups is 1. The first-order valence-corrected chi connectivity index (χ1v) is 10.4. The minimum Gasteiger partial charge on any atom is -0.395 e. The first-order chi connectivity index (χ1) is 13.5. The molecule has 1 aliphatic heterocycles. The summed E-state index contributed by atoms with van der Waals surface area (Å²) in [6, 6.07) is 0. The molecule has 0 aliphatic carbocycles. The fourth-order valence-corrected chi connectivity index (χ4v) is 3.13. The van der Waals surface area contributed by atoms with Crippen LogP contribution in [0.25, 0.3) is 0 Å². The summed E-state index contributed by atoms with van der Waals surface area (Å²) in [5.74, 6) is 0.756. The topological polar surface area (TPSA) is 82.6 Å². The molecule has 28 heavy (non-hydrogen) atoms. The van der Waals surface area contributed by atoms with Crippen molar-refractivity contribution in [3.8, 4) is 0 Å². The van der Waals surface area contributed by atoms with Crippen LogP contribution in [-0.4, -0.2) is 111 Å². The number of carbonyl (C=O) groups excluding carboxylic acids is 2. The van der Waals surface area contributed by atoms with Crippen LogP contribution >= 0.6 is 0 Å². The number of carbonyl (C=O) groups is 2. The number of hydrogen-bond donors (Lipinski definition) is 1. The Hall–Kier alpha value is -1.22. The third-order valence-corrected chi connectivity index (χ3v) is 5.21. The highest BCUT2D eigenvalue weighted by Crippen LogP contribution is 2.13. The number of nitrogens with zero attached hydrogens (tertiary/aromatic N) is 3. The molecule has 1 atom stereocenters. The summed E-state index contributed by atoms with van der Waals surface area (Å²) in [5, 5.41) is 8.90. The van der Waals surface area contributed by atoms with E-state index < -0.39 is 0 Å². The SMILES string of the molecule is COCCOCCC(C)CCC(=O)N1CCN(C(=O)CCN(C)CCO)CC1. The van der Waals surface area contributed by atoms with Crippen molar-refractivity contribution in [2.45, 2.75) is 32.6 Å². The molecule has 2 amide bonds. The molecule has 0 saturated carbocycles. The number of aliphatic hydroxyl groups excluding tert-OH is 1. The first kappa shape index (κ1) is 24.8. The number of methoxy groups -OCH3 is 1. The fourth-order valence-electron chi connectivity index (χ4n) is 3.13. The van der Waals surface area contributed by atoms with Crippen LogP contribution in [0.5, 0.6) is 0 Å². The van der Waals surface area contributed by atoms with Crippen LogP contribution in [-0.2, 0) is 19.1 Å². The molecule has 0 aromatic rings. The van der Waals surface area contributed by atoms with Crippen LogP contribution in [0.15, 0.2) is 0 Å². The van der Waals surface area contributed by atoms with Crippen molar-refractivity contribution in [3.63, 3.8) is 0 Å². The average molecular weight is 402 g/mol. The molecule has 0 bridgehead atoms. The van der Waals surface area contributed by atoms with Crippen molar-refractivity contribution >= 4 is 11.8 Å². The van der Waals surface area contributed by atoms with Crippen molar-refractivity contribution in [1.29, 1.82) is 0 Å². The molecule has 0 radical (unpaired) electrons. The number of amides is 2. The van der Waals surface area contributed by atoms with Crippen LogP contribution in [0.2, 0.25) is 0 Å². The van der Waals surface area contributed by atoms with Gasteiger partial charge in [-0.2, -0.15) is 0 Å². The smallest absolute Gasteiger partial charge is 0.223 e. The summed E-state index contributed by atoms with van der Waals surface area (Å²) in [4.78, 5) is 30.4. The van der Waals surface area contributed by atoms with Gasteiger partial charge in [0.1, 0.15) is 0 Å². The van der Waals surface area contributed by atoms with Gasteiger partial charge in [0.15, 0.2) is 0 Å². The average Bonchev–Trinajstić information content (AvgIpc) is 2.70. The second kappa shape index (κ2) is 14.7. The molecule has 164 valence electrons. The lowest BCUT2D eigenvalue weighted by Gasteiger charge is -2.35. The predicted octanol–water partition coefficient (Wildman–Crippen LogP) is 0.441. The highest BCUT2D eigenvalue weighted by Gasteiger charge is 2.24. The molecule has 1 saturated heterocycles. The summed E-state index contributed by atoms with van der Waals surface area (Å²) >= 11 is 0. The van der Waals surface area contributed by atoms with E-state index in [1.807, 2.05) is 21.7 Å². The van der Waals surface area contributed by atoms with Crippen LogP contribution < -0.4 is 0 Å². The summed E-state index contributed by atoms with van der Waals surface area (Å²) in [5.41, 5.74) is 0. The Kier molecular flexibility index (Phi) is 13.1. The standard InChI is InChI=1S/C20H39N3O5/c1-18(7-15-28-17-16-27-3)4-5-19(25)22-9-11-23(12-10-22)20(26)6-8-21(2)13-14-24/h18,24H,4-17H2,1-3H3. The lowest BCUT2D eigenvalue weighted by atomic mass is 10.0. The molecule has 1 aliphatic rings. The van der Waals surface area contributed by atoms with Gasteiger partial charge in [0.25, 0.3) is 0 Å². The molecule has 8 heteroatoms. The first-order valence-electron chi connectivity index (χ1n) is 10.4. The largest absolute Gasteiger partial charge is 0.395 e. The van der Waals surface area contributed by atoms with E-state index in [-0.39, 0.29) is 18.4 Å². The van der Waals surface area contributed by atoms with E-state index in [1.54, 1.807) is 7.11 Å². The van der Waals surface area contributed by atoms with Gasteiger partial charge in [0, 0.05) is 65.8 Å². The van der Waals surface area contributed by atoms with Gasteiger partial charge in [-0.15, -0.1) is 0 Å². The van der Waals surface area contributed by atoms with Crippen LogP contribution in [0.1, 0.15) is 32.6 Å². The number of piperazine rings is 1. The van der Waals surface area contributed by atoms with Crippen molar-refractivity contribution in [2.24, 2.45) is 5.92 Å². The van der Waals surface area contributed by atoms with Gasteiger partial charge in [-0.25, -0.2) is 0 Å². The van der Waals surface area contributed by atoms with Gasteiger partial charge in [-0.05, 0) is 25.8 Å². The number of ether oxygens (including phenoxy) is 2. The molecule has 1 N–H and O–H groups in total. The predicted molar refractivity (Wildman–Crippen MR) is 108 cm³/mol. The zero-order valence-electron chi connectivity index (χ0n) is 17.9. The van der Waals surface area contributed by atoms with Gasteiger partial charge in [0.05, 0.1) is 19.8 Å². The molecule has 1 rings (SSSR count). The Morgan fingerprint density at radius 3 is 2.14 bits per heavy atom. The molecule has 0 aromatic carbocycles. The molecule has 0 aromatic heterocycles. The minimum atomic E-state index is 0.102. The van der Waals surface area contributed by atoms with Gasteiger partial charge in [0.2, 0.25) is 11.8 Å².